The van der Waals surface area contributed by atoms with Gasteiger partial charge in [0.25, 0.3) is 0 Å². The molecular weight excluding hydrogens is 240 g/mol. The van der Waals surface area contributed by atoms with E-state index in [-0.39, 0.29) is 5.78 Å². The number of nitrogens with zero attached hydrogens (tertiary/aromatic N) is 2. The largest absolute Gasteiger partial charge is 0.487 e. The number of aromatic nitrogens is 2. The SMILES string of the molecule is CC(=O)c1ccc(C)cc1OCc1cc(C)nn1C. The Labute approximate surface area is 113 Å². The number of benzene rings is 1. The first-order valence-electron chi connectivity index (χ1n) is 6.21. The summed E-state index contributed by atoms with van der Waals surface area (Å²) in [5.41, 5.74) is 3.62. The van der Waals surface area contributed by atoms with Crippen LogP contribution in [0.4, 0.5) is 0 Å². The second-order valence-electron chi connectivity index (χ2n) is 4.75. The predicted octanol–water partition coefficient (Wildman–Crippen LogP) is 2.82. The molecule has 0 N–H and O–H groups in total. The number of carbonyl (C=O) groups is 1. The molecule has 1 aromatic heterocycles. The zero-order chi connectivity index (χ0) is 14.0. The van der Waals surface area contributed by atoms with Gasteiger partial charge in [-0.15, -0.1) is 0 Å². The molecule has 0 bridgehead atoms. The third-order valence-electron chi connectivity index (χ3n) is 2.99. The number of ether oxygens (including phenoxy) is 1. The first-order chi connectivity index (χ1) is 8.97. The molecule has 1 aromatic carbocycles. The van der Waals surface area contributed by atoms with Gasteiger partial charge >= 0.3 is 0 Å². The van der Waals surface area contributed by atoms with Gasteiger partial charge in [0.2, 0.25) is 0 Å². The predicted molar refractivity (Wildman–Crippen MR) is 73.5 cm³/mol. The highest BCUT2D eigenvalue weighted by Crippen LogP contribution is 2.22. The monoisotopic (exact) mass is 258 g/mol. The van der Waals surface area contributed by atoms with Gasteiger partial charge in [0.15, 0.2) is 5.78 Å². The molecule has 0 saturated carbocycles. The van der Waals surface area contributed by atoms with Crippen molar-refractivity contribution in [1.29, 1.82) is 0 Å². The van der Waals surface area contributed by atoms with Crippen LogP contribution in [0.5, 0.6) is 5.75 Å². The fraction of sp³-hybridized carbons (Fsp3) is 0.333. The van der Waals surface area contributed by atoms with E-state index < -0.39 is 0 Å². The van der Waals surface area contributed by atoms with E-state index in [1.807, 2.05) is 45.2 Å². The van der Waals surface area contributed by atoms with Gasteiger partial charge in [0.05, 0.1) is 17.0 Å². The molecule has 0 unspecified atom stereocenters. The van der Waals surface area contributed by atoms with Crippen molar-refractivity contribution in [3.63, 3.8) is 0 Å². The zero-order valence-corrected chi connectivity index (χ0v) is 11.7. The lowest BCUT2D eigenvalue weighted by Gasteiger charge is -2.10. The van der Waals surface area contributed by atoms with E-state index in [2.05, 4.69) is 5.10 Å². The molecule has 2 aromatic rings. The standard InChI is InChI=1S/C15H18N2O2/c1-10-5-6-14(12(3)18)15(7-10)19-9-13-8-11(2)16-17(13)4/h5-8H,9H2,1-4H3. The molecule has 0 aliphatic heterocycles. The van der Waals surface area contributed by atoms with Crippen LogP contribution in [0.25, 0.3) is 0 Å². The minimum Gasteiger partial charge on any atom is -0.487 e. The van der Waals surface area contributed by atoms with E-state index in [1.54, 1.807) is 11.6 Å². The summed E-state index contributed by atoms with van der Waals surface area (Å²) in [6, 6.07) is 7.59. The summed E-state index contributed by atoms with van der Waals surface area (Å²) >= 11 is 0. The number of ketones is 1. The molecule has 4 nitrogen and oxygen atoms in total. The van der Waals surface area contributed by atoms with Crippen molar-refractivity contribution in [1.82, 2.24) is 9.78 Å². The Kier molecular flexibility index (Phi) is 3.69. The van der Waals surface area contributed by atoms with E-state index in [9.17, 15) is 4.79 Å². The zero-order valence-electron chi connectivity index (χ0n) is 11.7. The molecule has 0 aliphatic carbocycles. The van der Waals surface area contributed by atoms with Crippen LogP contribution in [0.15, 0.2) is 24.3 Å². The number of hydrogen-bond acceptors (Lipinski definition) is 3. The Balaban J connectivity index is 2.21. The van der Waals surface area contributed by atoms with Gasteiger partial charge < -0.3 is 4.74 Å². The molecule has 19 heavy (non-hydrogen) atoms. The van der Waals surface area contributed by atoms with Crippen molar-refractivity contribution in [2.24, 2.45) is 7.05 Å². The Morgan fingerprint density at radius 1 is 1.32 bits per heavy atom. The lowest BCUT2D eigenvalue weighted by molar-refractivity contribution is 0.101. The van der Waals surface area contributed by atoms with E-state index in [0.29, 0.717) is 17.9 Å². The number of aryl methyl sites for hydroxylation is 3. The Hall–Kier alpha value is -2.10. The van der Waals surface area contributed by atoms with Crippen molar-refractivity contribution in [3.8, 4) is 5.75 Å². The molecule has 100 valence electrons. The maximum absolute atomic E-state index is 11.6. The summed E-state index contributed by atoms with van der Waals surface area (Å²) in [5, 5.41) is 4.27. The summed E-state index contributed by atoms with van der Waals surface area (Å²) < 4.78 is 7.57. The fourth-order valence-electron chi connectivity index (χ4n) is 1.99. The van der Waals surface area contributed by atoms with Crippen molar-refractivity contribution in [2.45, 2.75) is 27.4 Å². The lowest BCUT2D eigenvalue weighted by Crippen LogP contribution is -2.05. The Morgan fingerprint density at radius 3 is 2.63 bits per heavy atom. The van der Waals surface area contributed by atoms with Crippen LogP contribution < -0.4 is 4.74 Å². The third kappa shape index (κ3) is 3.02. The van der Waals surface area contributed by atoms with Crippen molar-refractivity contribution in [2.75, 3.05) is 0 Å². The summed E-state index contributed by atoms with van der Waals surface area (Å²) in [6.07, 6.45) is 0. The van der Waals surface area contributed by atoms with E-state index in [1.165, 1.54) is 0 Å². The van der Waals surface area contributed by atoms with Crippen LogP contribution >= 0.6 is 0 Å². The van der Waals surface area contributed by atoms with Gasteiger partial charge in [-0.3, -0.25) is 9.48 Å². The maximum atomic E-state index is 11.6. The minimum atomic E-state index is 0.0104. The minimum absolute atomic E-state index is 0.0104. The molecule has 4 heteroatoms. The van der Waals surface area contributed by atoms with Gasteiger partial charge in [-0.25, -0.2) is 0 Å². The van der Waals surface area contributed by atoms with Crippen molar-refractivity contribution >= 4 is 5.78 Å². The van der Waals surface area contributed by atoms with E-state index >= 15 is 0 Å². The van der Waals surface area contributed by atoms with Crippen LogP contribution in [0.1, 0.15) is 34.2 Å². The van der Waals surface area contributed by atoms with Crippen LogP contribution in [-0.4, -0.2) is 15.6 Å². The number of Topliss-reactive ketones (excluding diaryl/α,β-unsaturated/α-hetero) is 1. The molecule has 2 rings (SSSR count). The normalized spacial score (nSPS) is 10.5. The summed E-state index contributed by atoms with van der Waals surface area (Å²) in [5.74, 6) is 0.641. The topological polar surface area (TPSA) is 44.1 Å². The summed E-state index contributed by atoms with van der Waals surface area (Å²) in [7, 11) is 1.88. The molecular formula is C15H18N2O2. The van der Waals surface area contributed by atoms with Gasteiger partial charge in [0, 0.05) is 7.05 Å². The quantitative estimate of drug-likeness (QED) is 0.792. The fourth-order valence-corrected chi connectivity index (χ4v) is 1.99. The average Bonchev–Trinajstić information content (AvgIpc) is 2.65. The smallest absolute Gasteiger partial charge is 0.163 e. The maximum Gasteiger partial charge on any atom is 0.163 e. The molecule has 0 spiro atoms. The Morgan fingerprint density at radius 2 is 2.05 bits per heavy atom. The van der Waals surface area contributed by atoms with Crippen molar-refractivity contribution in [3.05, 3.63) is 46.8 Å². The molecule has 0 aliphatic rings. The van der Waals surface area contributed by atoms with E-state index in [0.717, 1.165) is 17.0 Å². The number of rotatable bonds is 4. The highest BCUT2D eigenvalue weighted by Gasteiger charge is 2.10. The number of carbonyl (C=O) groups excluding carboxylic acids is 1. The molecule has 0 fully saturated rings. The highest BCUT2D eigenvalue weighted by molar-refractivity contribution is 5.96. The Bertz CT molecular complexity index is 615. The molecule has 0 atom stereocenters. The van der Waals surface area contributed by atoms with E-state index in [4.69, 9.17) is 4.74 Å². The summed E-state index contributed by atoms with van der Waals surface area (Å²) in [4.78, 5) is 11.6. The first kappa shape index (κ1) is 13.3. The van der Waals surface area contributed by atoms with Gasteiger partial charge in [-0.05, 0) is 44.5 Å². The second kappa shape index (κ2) is 5.26. The summed E-state index contributed by atoms with van der Waals surface area (Å²) in [6.45, 7) is 5.87. The van der Waals surface area contributed by atoms with Gasteiger partial charge in [0.1, 0.15) is 12.4 Å². The molecule has 0 amide bonds. The third-order valence-corrected chi connectivity index (χ3v) is 2.99. The highest BCUT2D eigenvalue weighted by atomic mass is 16.5. The molecule has 1 heterocycles. The van der Waals surface area contributed by atoms with Crippen LogP contribution in [0, 0.1) is 13.8 Å². The van der Waals surface area contributed by atoms with Crippen LogP contribution in [-0.2, 0) is 13.7 Å². The van der Waals surface area contributed by atoms with Crippen LogP contribution in [0.2, 0.25) is 0 Å². The average molecular weight is 258 g/mol. The lowest BCUT2D eigenvalue weighted by atomic mass is 10.1. The molecule has 0 radical (unpaired) electrons. The van der Waals surface area contributed by atoms with Gasteiger partial charge in [-0.1, -0.05) is 6.07 Å². The molecule has 0 saturated heterocycles. The first-order valence-corrected chi connectivity index (χ1v) is 6.21. The van der Waals surface area contributed by atoms with Crippen molar-refractivity contribution < 1.29 is 9.53 Å². The second-order valence-corrected chi connectivity index (χ2v) is 4.75. The van der Waals surface area contributed by atoms with Gasteiger partial charge in [-0.2, -0.15) is 5.10 Å². The van der Waals surface area contributed by atoms with Crippen LogP contribution in [0.3, 0.4) is 0 Å². The number of hydrogen-bond donors (Lipinski definition) is 0.